The predicted octanol–water partition coefficient (Wildman–Crippen LogP) is 2.88. The van der Waals surface area contributed by atoms with Gasteiger partial charge < -0.3 is 30.1 Å². The number of nitrogens with one attached hydrogen (secondary N) is 3. The number of nitrogens with zero attached hydrogens (tertiary/aromatic N) is 12. The van der Waals surface area contributed by atoms with E-state index in [1.807, 2.05) is 68.4 Å². The van der Waals surface area contributed by atoms with E-state index in [4.69, 9.17) is 9.72 Å². The van der Waals surface area contributed by atoms with Crippen LogP contribution >= 0.6 is 0 Å². The van der Waals surface area contributed by atoms with Gasteiger partial charge in [-0.15, -0.1) is 0 Å². The zero-order valence-corrected chi connectivity index (χ0v) is 37.9. The van der Waals surface area contributed by atoms with Crippen LogP contribution in [0.3, 0.4) is 0 Å². The van der Waals surface area contributed by atoms with Crippen LogP contribution in [0.15, 0.2) is 78.3 Å². The number of benzene rings is 2. The first-order chi connectivity index (χ1) is 32.4. The lowest BCUT2D eigenvalue weighted by atomic mass is 9.72. The van der Waals surface area contributed by atoms with Crippen LogP contribution < -0.4 is 25.3 Å². The van der Waals surface area contributed by atoms with Crippen molar-refractivity contribution in [2.75, 3.05) is 106 Å². The van der Waals surface area contributed by atoms with Gasteiger partial charge in [0.05, 0.1) is 41.5 Å². The molecular weight excluding hydrogens is 855 g/mol. The first-order valence-corrected chi connectivity index (χ1v) is 22.9. The van der Waals surface area contributed by atoms with Gasteiger partial charge in [-0.05, 0) is 85.6 Å². The van der Waals surface area contributed by atoms with E-state index in [2.05, 4.69) is 68.6 Å². The number of likely N-dealkylation sites (tertiary alicyclic amines) is 1. The van der Waals surface area contributed by atoms with Gasteiger partial charge in [0.1, 0.15) is 17.6 Å². The summed E-state index contributed by atoms with van der Waals surface area (Å²) >= 11 is 0. The number of imide groups is 1. The van der Waals surface area contributed by atoms with E-state index in [0.717, 1.165) is 110 Å². The molecule has 0 radical (unpaired) electrons. The van der Waals surface area contributed by atoms with Crippen LogP contribution in [0.5, 0.6) is 0 Å². The Morgan fingerprint density at radius 1 is 0.925 bits per heavy atom. The molecule has 6 aliphatic heterocycles. The molecule has 346 valence electrons. The summed E-state index contributed by atoms with van der Waals surface area (Å²) in [5.41, 5.74) is 7.14. The van der Waals surface area contributed by atoms with Crippen molar-refractivity contribution in [3.05, 3.63) is 89.4 Å². The molecule has 4 amide bonds. The third-order valence-corrected chi connectivity index (χ3v) is 14.4. The molecule has 11 rings (SSSR count). The number of hydrogen-bond donors (Lipinski definition) is 3. The number of allylic oxidation sites excluding steroid dienone is 2. The Morgan fingerprint density at radius 3 is 2.49 bits per heavy atom. The number of carbonyl (C=O) groups excluding carboxylic acids is 4. The van der Waals surface area contributed by atoms with Crippen LogP contribution in [-0.2, 0) is 14.3 Å². The summed E-state index contributed by atoms with van der Waals surface area (Å²) in [6.45, 7) is 18.1. The summed E-state index contributed by atoms with van der Waals surface area (Å²) in [5.74, 6) is 0.116. The molecule has 1 unspecified atom stereocenters. The summed E-state index contributed by atoms with van der Waals surface area (Å²) in [4.78, 5) is 69.9. The highest BCUT2D eigenvalue weighted by Gasteiger charge is 2.52. The van der Waals surface area contributed by atoms with E-state index in [1.165, 1.54) is 0 Å². The first kappa shape index (κ1) is 42.6. The number of hydrogen-bond acceptors (Lipinski definition) is 15. The van der Waals surface area contributed by atoms with Gasteiger partial charge in [-0.3, -0.25) is 39.0 Å². The molecule has 3 aromatic heterocycles. The van der Waals surface area contributed by atoms with Crippen LogP contribution in [0, 0.1) is 5.41 Å². The maximum absolute atomic E-state index is 13.7. The van der Waals surface area contributed by atoms with Crippen molar-refractivity contribution in [2.45, 2.75) is 38.8 Å². The van der Waals surface area contributed by atoms with Crippen LogP contribution in [0.2, 0.25) is 0 Å². The lowest BCUT2D eigenvalue weighted by molar-refractivity contribution is -0.125. The number of tetrazole rings is 1. The average Bonchev–Trinajstić information content (AvgIpc) is 4.03. The van der Waals surface area contributed by atoms with E-state index in [9.17, 15) is 19.2 Å². The number of rotatable bonds is 12. The number of aromatic amines is 1. The van der Waals surface area contributed by atoms with Crippen molar-refractivity contribution in [1.29, 1.82) is 0 Å². The predicted molar refractivity (Wildman–Crippen MR) is 249 cm³/mol. The molecule has 20 heteroatoms. The summed E-state index contributed by atoms with van der Waals surface area (Å²) in [6.07, 6.45) is 2.75. The number of pyridine rings is 1. The molecule has 0 aliphatic carbocycles. The van der Waals surface area contributed by atoms with Crippen LogP contribution in [-0.4, -0.2) is 165 Å². The van der Waals surface area contributed by atoms with Crippen molar-refractivity contribution in [2.24, 2.45) is 5.41 Å². The molecule has 4 saturated heterocycles. The van der Waals surface area contributed by atoms with E-state index in [-0.39, 0.29) is 23.3 Å². The molecule has 5 aromatic rings. The maximum atomic E-state index is 13.7. The largest absolute Gasteiger partial charge is 0.379 e. The highest BCUT2D eigenvalue weighted by atomic mass is 16.5. The topological polar surface area (TPSA) is 206 Å². The number of anilines is 4. The summed E-state index contributed by atoms with van der Waals surface area (Å²) in [6, 6.07) is 14.1. The van der Waals surface area contributed by atoms with Crippen molar-refractivity contribution in [3.8, 4) is 11.3 Å². The second-order valence-electron chi connectivity index (χ2n) is 18.7. The lowest BCUT2D eigenvalue weighted by Crippen LogP contribution is -2.72. The molecule has 3 N–H and O–H groups in total. The van der Waals surface area contributed by atoms with Gasteiger partial charge in [0.25, 0.3) is 17.7 Å². The summed E-state index contributed by atoms with van der Waals surface area (Å²) in [7, 11) is 1.85. The molecule has 6 aliphatic rings. The second kappa shape index (κ2) is 16.7. The Labute approximate surface area is 386 Å². The van der Waals surface area contributed by atoms with Crippen LogP contribution in [0.25, 0.3) is 22.2 Å². The Morgan fingerprint density at radius 2 is 1.70 bits per heavy atom. The highest BCUT2D eigenvalue weighted by Crippen LogP contribution is 2.43. The fourth-order valence-corrected chi connectivity index (χ4v) is 10.7. The smallest absolute Gasteiger partial charge is 0.262 e. The number of ether oxygens (including phenoxy) is 1. The second-order valence-corrected chi connectivity index (χ2v) is 18.7. The minimum Gasteiger partial charge on any atom is -0.379 e. The number of carbonyl (C=O) groups is 4. The van der Waals surface area contributed by atoms with Gasteiger partial charge in [0.15, 0.2) is 0 Å². The molecule has 0 bridgehead atoms. The molecule has 1 spiro atoms. The SMILES string of the molecule is C=C1CCC(N2C(=O)c3ccc(N4CC5(CN(CCOCCN6CCN(c7cc(-c8n[nH]c9ccc(NC(=O)C%10=C(C)N(C)c%11nnnn%11[C@@H]%10C)cc89)ccn7)CC6)C5)C4)cc3C2=O)C(=O)N1. The summed E-state index contributed by atoms with van der Waals surface area (Å²) < 4.78 is 7.76. The minimum absolute atomic E-state index is 0.215. The Hall–Kier alpha value is -7.03. The van der Waals surface area contributed by atoms with Crippen molar-refractivity contribution >= 4 is 57.7 Å². The molecule has 20 nitrogen and oxygen atoms in total. The van der Waals surface area contributed by atoms with Gasteiger partial charge in [-0.1, -0.05) is 11.7 Å². The van der Waals surface area contributed by atoms with Crippen LogP contribution in [0.4, 0.5) is 23.1 Å². The maximum Gasteiger partial charge on any atom is 0.262 e. The highest BCUT2D eigenvalue weighted by molar-refractivity contribution is 6.23. The molecular formula is C47H53N15O5. The molecule has 67 heavy (non-hydrogen) atoms. The number of piperazine rings is 1. The number of amides is 4. The minimum atomic E-state index is -0.811. The molecule has 2 atom stereocenters. The van der Waals surface area contributed by atoms with E-state index >= 15 is 0 Å². The number of fused-ring (bicyclic) bond motifs is 3. The third kappa shape index (κ3) is 7.57. The Kier molecular flexibility index (Phi) is 10.6. The lowest BCUT2D eigenvalue weighted by Gasteiger charge is -2.61. The number of aromatic nitrogens is 7. The summed E-state index contributed by atoms with van der Waals surface area (Å²) in [5, 5.41) is 26.5. The normalized spacial score (nSPS) is 21.8. The van der Waals surface area contributed by atoms with Crippen molar-refractivity contribution in [3.63, 3.8) is 0 Å². The zero-order chi connectivity index (χ0) is 46.1. The van der Waals surface area contributed by atoms with Gasteiger partial charge in [-0.25, -0.2) is 9.67 Å². The van der Waals surface area contributed by atoms with Gasteiger partial charge >= 0.3 is 0 Å². The fourth-order valence-electron chi connectivity index (χ4n) is 10.7. The molecule has 0 saturated carbocycles. The molecule has 4 fully saturated rings. The van der Waals surface area contributed by atoms with Crippen molar-refractivity contribution in [1.82, 2.24) is 55.4 Å². The van der Waals surface area contributed by atoms with Crippen molar-refractivity contribution < 1.29 is 23.9 Å². The van der Waals surface area contributed by atoms with Gasteiger partial charge in [-0.2, -0.15) is 5.10 Å². The Bertz CT molecular complexity index is 2870. The monoisotopic (exact) mass is 907 g/mol. The number of H-pyrrole nitrogens is 1. The zero-order valence-electron chi connectivity index (χ0n) is 37.9. The van der Waals surface area contributed by atoms with E-state index < -0.39 is 17.9 Å². The fraction of sp³-hybridized carbons (Fsp3) is 0.426. The van der Waals surface area contributed by atoms with E-state index in [1.54, 1.807) is 10.7 Å². The first-order valence-electron chi connectivity index (χ1n) is 22.9. The van der Waals surface area contributed by atoms with Gasteiger partial charge in [0, 0.05) is 118 Å². The standard InChI is InChI=1S/C47H53N15O5/c1-28-5-10-38(42(63)49-28)61-44(65)34-8-7-33(23-35(34)45(61)66)60-26-47(27-60)24-58(25-47)18-20-67-19-17-57-13-15-59(16-14-57)39-21-31(11-12-48-39)41-36-22-32(6-9-37(36)51-52-41)50-43(64)40-29(2)56(4)46-53-54-55-62(46)30(40)3/h6-9,11-12,21-23,30,38H,1,5,10,13-20,24-27H2,2-4H3,(H,49,63)(H,50,64)(H,51,52)/t30-,38?/m1/s1. The average molecular weight is 908 g/mol. The molecule has 9 heterocycles. The quantitative estimate of drug-likeness (QED) is 0.122. The molecule has 2 aromatic carbocycles. The third-order valence-electron chi connectivity index (χ3n) is 14.4. The van der Waals surface area contributed by atoms with Gasteiger partial charge in [0.2, 0.25) is 11.9 Å². The van der Waals surface area contributed by atoms with Crippen LogP contribution in [0.1, 0.15) is 53.4 Å². The van der Waals surface area contributed by atoms with E-state index in [0.29, 0.717) is 60.1 Å². The number of piperidine rings is 1. The Balaban J connectivity index is 0.612.